The lowest BCUT2D eigenvalue weighted by molar-refractivity contribution is 0.500. The van der Waals surface area contributed by atoms with Gasteiger partial charge >= 0.3 is 0 Å². The van der Waals surface area contributed by atoms with Gasteiger partial charge in [0.2, 0.25) is 0 Å². The molecule has 1 atom stereocenters. The molecular weight excluding hydrogens is 204 g/mol. The van der Waals surface area contributed by atoms with E-state index in [0.717, 1.165) is 6.42 Å². The molecule has 0 N–H and O–H groups in total. The number of alkyl halides is 1. The lowest BCUT2D eigenvalue weighted by Crippen LogP contribution is -2.17. The second-order valence-electron chi connectivity index (χ2n) is 4.38. The maximum absolute atomic E-state index is 6.00. The van der Waals surface area contributed by atoms with Gasteiger partial charge in [-0.2, -0.15) is 0 Å². The molecule has 0 saturated carbocycles. The zero-order chi connectivity index (χ0) is 10.7. The maximum Gasteiger partial charge on any atom is 0.0315 e. The molecule has 0 aromatic heterocycles. The summed E-state index contributed by atoms with van der Waals surface area (Å²) in [6.07, 6.45) is 7.53. The van der Waals surface area contributed by atoms with Crippen LogP contribution in [0.1, 0.15) is 18.9 Å². The summed E-state index contributed by atoms with van der Waals surface area (Å²) in [6, 6.07) is 10.5. The van der Waals surface area contributed by atoms with Crippen molar-refractivity contribution in [3.05, 3.63) is 54.1 Å². The Balaban J connectivity index is 2.26. The van der Waals surface area contributed by atoms with Crippen molar-refractivity contribution in [3.63, 3.8) is 0 Å². The van der Waals surface area contributed by atoms with E-state index in [1.165, 1.54) is 11.1 Å². The highest BCUT2D eigenvalue weighted by Crippen LogP contribution is 2.36. The lowest BCUT2D eigenvalue weighted by Gasteiger charge is -2.27. The smallest absolute Gasteiger partial charge is 0.0315 e. The minimum Gasteiger partial charge on any atom is -0.126 e. The van der Waals surface area contributed by atoms with Gasteiger partial charge in [0.15, 0.2) is 0 Å². The van der Waals surface area contributed by atoms with E-state index in [1.54, 1.807) is 0 Å². The number of benzene rings is 1. The summed E-state index contributed by atoms with van der Waals surface area (Å²) >= 11 is 6.00. The highest BCUT2D eigenvalue weighted by Gasteiger charge is 2.23. The van der Waals surface area contributed by atoms with Gasteiger partial charge in [0.05, 0.1) is 0 Å². The summed E-state index contributed by atoms with van der Waals surface area (Å²) in [6.45, 7) is 2.20. The third-order valence-electron chi connectivity index (χ3n) is 2.84. The largest absolute Gasteiger partial charge is 0.126 e. The Morgan fingerprint density at radius 2 is 2.00 bits per heavy atom. The highest BCUT2D eigenvalue weighted by molar-refractivity contribution is 6.18. The van der Waals surface area contributed by atoms with Gasteiger partial charge < -0.3 is 0 Å². The number of allylic oxidation sites excluding steroid dienone is 4. The zero-order valence-corrected chi connectivity index (χ0v) is 9.67. The van der Waals surface area contributed by atoms with Crippen LogP contribution < -0.4 is 0 Å². The molecule has 1 heteroatoms. The predicted octanol–water partition coefficient (Wildman–Crippen LogP) is 4.28. The first-order valence-corrected chi connectivity index (χ1v) is 5.77. The van der Waals surface area contributed by atoms with Crippen molar-refractivity contribution in [2.75, 3.05) is 5.88 Å². The Morgan fingerprint density at radius 1 is 1.27 bits per heavy atom. The monoisotopic (exact) mass is 218 g/mol. The van der Waals surface area contributed by atoms with Crippen molar-refractivity contribution in [1.82, 2.24) is 0 Å². The van der Waals surface area contributed by atoms with Crippen LogP contribution in [0.25, 0.3) is 5.57 Å². The fourth-order valence-corrected chi connectivity index (χ4v) is 2.08. The summed E-state index contributed by atoms with van der Waals surface area (Å²) < 4.78 is 0. The Kier molecular flexibility index (Phi) is 2.97. The van der Waals surface area contributed by atoms with E-state index >= 15 is 0 Å². The minimum atomic E-state index is 0.113. The van der Waals surface area contributed by atoms with Crippen LogP contribution in [0.4, 0.5) is 0 Å². The quantitative estimate of drug-likeness (QED) is 0.651. The number of hydrogen-bond donors (Lipinski definition) is 0. The molecule has 1 aromatic rings. The molecule has 1 unspecified atom stereocenters. The molecule has 15 heavy (non-hydrogen) atoms. The van der Waals surface area contributed by atoms with Gasteiger partial charge in [-0.15, -0.1) is 11.6 Å². The molecule has 0 nitrogen and oxygen atoms in total. The fourth-order valence-electron chi connectivity index (χ4n) is 1.89. The van der Waals surface area contributed by atoms with Crippen LogP contribution in [0.5, 0.6) is 0 Å². The van der Waals surface area contributed by atoms with Crippen molar-refractivity contribution in [2.24, 2.45) is 5.41 Å². The van der Waals surface area contributed by atoms with E-state index in [9.17, 15) is 0 Å². The van der Waals surface area contributed by atoms with Crippen LogP contribution in [0.15, 0.2) is 48.6 Å². The fraction of sp³-hybridized carbons (Fsp3) is 0.286. The van der Waals surface area contributed by atoms with Gasteiger partial charge in [0.25, 0.3) is 0 Å². The topological polar surface area (TPSA) is 0 Å². The van der Waals surface area contributed by atoms with Crippen molar-refractivity contribution >= 4 is 17.2 Å². The van der Waals surface area contributed by atoms with Gasteiger partial charge in [-0.3, -0.25) is 0 Å². The van der Waals surface area contributed by atoms with Gasteiger partial charge in [-0.25, -0.2) is 0 Å². The van der Waals surface area contributed by atoms with Crippen molar-refractivity contribution in [1.29, 1.82) is 0 Å². The molecule has 1 aromatic carbocycles. The molecule has 78 valence electrons. The highest BCUT2D eigenvalue weighted by atomic mass is 35.5. The SMILES string of the molecule is CC1(CCl)C=CC=C(c2ccccc2)C1. The number of hydrogen-bond acceptors (Lipinski definition) is 0. The number of rotatable bonds is 2. The summed E-state index contributed by atoms with van der Waals surface area (Å²) in [5.41, 5.74) is 2.79. The van der Waals surface area contributed by atoms with Crippen LogP contribution in [-0.2, 0) is 0 Å². The third-order valence-corrected chi connectivity index (χ3v) is 3.45. The van der Waals surface area contributed by atoms with Crippen LogP contribution in [0.2, 0.25) is 0 Å². The second-order valence-corrected chi connectivity index (χ2v) is 4.65. The van der Waals surface area contributed by atoms with Gasteiger partial charge in [0, 0.05) is 11.3 Å². The molecule has 0 bridgehead atoms. The first-order chi connectivity index (χ1) is 7.23. The zero-order valence-electron chi connectivity index (χ0n) is 8.91. The van der Waals surface area contributed by atoms with Crippen molar-refractivity contribution < 1.29 is 0 Å². The minimum absolute atomic E-state index is 0.113. The summed E-state index contributed by atoms with van der Waals surface area (Å²) in [7, 11) is 0. The van der Waals surface area contributed by atoms with Crippen molar-refractivity contribution in [2.45, 2.75) is 13.3 Å². The average Bonchev–Trinajstić information content (AvgIpc) is 2.30. The van der Waals surface area contributed by atoms with E-state index in [1.807, 2.05) is 6.07 Å². The average molecular weight is 219 g/mol. The van der Waals surface area contributed by atoms with E-state index in [2.05, 4.69) is 49.4 Å². The summed E-state index contributed by atoms with van der Waals surface area (Å²) in [5, 5.41) is 0. The summed E-state index contributed by atoms with van der Waals surface area (Å²) in [4.78, 5) is 0. The predicted molar refractivity (Wildman–Crippen MR) is 67.0 cm³/mol. The first-order valence-electron chi connectivity index (χ1n) is 5.23. The van der Waals surface area contributed by atoms with Crippen LogP contribution in [-0.4, -0.2) is 5.88 Å². The maximum atomic E-state index is 6.00. The molecule has 0 heterocycles. The van der Waals surface area contributed by atoms with Gasteiger partial charge in [-0.1, -0.05) is 55.5 Å². The molecular formula is C14H15Cl. The molecule has 1 aliphatic rings. The van der Waals surface area contributed by atoms with Gasteiger partial charge in [-0.05, 0) is 17.6 Å². The molecule has 0 amide bonds. The standard InChI is InChI=1S/C14H15Cl/c1-14(11-15)9-5-8-13(10-14)12-6-3-2-4-7-12/h2-9H,10-11H2,1H3. The normalized spacial score (nSPS) is 25.1. The molecule has 0 fully saturated rings. The summed E-state index contributed by atoms with van der Waals surface area (Å²) in [5.74, 6) is 0.674. The molecule has 0 spiro atoms. The van der Waals surface area contributed by atoms with Crippen LogP contribution in [0.3, 0.4) is 0 Å². The van der Waals surface area contributed by atoms with E-state index in [4.69, 9.17) is 11.6 Å². The number of halogens is 1. The van der Waals surface area contributed by atoms with E-state index in [0.29, 0.717) is 5.88 Å². The molecule has 0 radical (unpaired) electrons. The van der Waals surface area contributed by atoms with E-state index in [-0.39, 0.29) is 5.41 Å². The Labute approximate surface area is 96.3 Å². The molecule has 0 aliphatic heterocycles. The van der Waals surface area contributed by atoms with Crippen molar-refractivity contribution in [3.8, 4) is 0 Å². The Morgan fingerprint density at radius 3 is 2.67 bits per heavy atom. The molecule has 0 saturated heterocycles. The molecule has 2 rings (SSSR count). The van der Waals surface area contributed by atoms with Crippen LogP contribution in [0, 0.1) is 5.41 Å². The van der Waals surface area contributed by atoms with Crippen LogP contribution >= 0.6 is 11.6 Å². The Hall–Kier alpha value is -1.01. The van der Waals surface area contributed by atoms with E-state index < -0.39 is 0 Å². The lowest BCUT2D eigenvalue weighted by atomic mass is 9.80. The molecule has 1 aliphatic carbocycles. The second kappa shape index (κ2) is 4.24. The first kappa shape index (κ1) is 10.5. The Bertz CT molecular complexity index is 389. The third kappa shape index (κ3) is 2.32. The van der Waals surface area contributed by atoms with Gasteiger partial charge in [0.1, 0.15) is 0 Å².